The Morgan fingerprint density at radius 1 is 0.864 bits per heavy atom. The Balaban J connectivity index is 1.33. The monoisotopic (exact) mass is 315 g/mol. The molecule has 0 aromatic rings. The molecule has 3 aliphatic rings. The zero-order valence-electron chi connectivity index (χ0n) is 13.7. The van der Waals surface area contributed by atoms with E-state index in [1.807, 2.05) is 4.90 Å². The molecule has 5 heteroatoms. The van der Waals surface area contributed by atoms with Crippen LogP contribution in [0.3, 0.4) is 0 Å². The predicted molar refractivity (Wildman–Crippen MR) is 85.4 cm³/mol. The Bertz CT molecular complexity index is 326. The van der Waals surface area contributed by atoms with Crippen molar-refractivity contribution in [1.29, 1.82) is 0 Å². The summed E-state index contributed by atoms with van der Waals surface area (Å²) in [6.45, 7) is 5.31. The third-order valence-corrected chi connectivity index (χ3v) is 5.72. The Kier molecular flexibility index (Phi) is 6.05. The maximum atomic E-state index is 12.4. The zero-order valence-corrected chi connectivity index (χ0v) is 13.7. The first-order valence-corrected chi connectivity index (χ1v) is 9.18. The number of nitrogens with zero attached hydrogens (tertiary/aromatic N) is 2. The van der Waals surface area contributed by atoms with Crippen LogP contribution in [0.25, 0.3) is 0 Å². The highest BCUT2D eigenvalue weighted by Crippen LogP contribution is 2.27. The lowest BCUT2D eigenvalue weighted by Gasteiger charge is -2.33. The van der Waals surface area contributed by atoms with Gasteiger partial charge in [0.05, 0.1) is 6.54 Å². The van der Waals surface area contributed by atoms with E-state index >= 15 is 0 Å². The average Bonchev–Trinajstić information content (AvgIpc) is 3.13. The summed E-state index contributed by atoms with van der Waals surface area (Å²) in [5.41, 5.74) is 0. The number of likely N-dealkylation sites (tertiary alicyclic amines) is 2. The van der Waals surface area contributed by atoms with Crippen LogP contribution >= 0.6 is 0 Å². The Morgan fingerprint density at radius 2 is 1.50 bits per heavy atom. The van der Waals surface area contributed by atoms with Crippen LogP contribution in [0.5, 0.6) is 0 Å². The summed E-state index contributed by atoms with van der Waals surface area (Å²) in [4.78, 5) is 4.55. The van der Waals surface area contributed by atoms with Gasteiger partial charge in [-0.15, -0.1) is 0 Å². The summed E-state index contributed by atoms with van der Waals surface area (Å²) in [5, 5.41) is 3.79. The molecule has 2 heterocycles. The molecule has 0 aromatic heterocycles. The number of halogens is 2. The standard InChI is InChI=1S/C17H31F2N3/c18-17(19)13-21-8-5-15(6-9-21)20-16-7-10-22(12-16)11-14-3-1-2-4-14/h14-17,20H,1-13H2. The molecular weight excluding hydrogens is 284 g/mol. The molecule has 0 spiro atoms. The van der Waals surface area contributed by atoms with Crippen molar-refractivity contribution in [3.63, 3.8) is 0 Å². The smallest absolute Gasteiger partial charge is 0.251 e. The fraction of sp³-hybridized carbons (Fsp3) is 1.00. The topological polar surface area (TPSA) is 18.5 Å². The summed E-state index contributed by atoms with van der Waals surface area (Å²) < 4.78 is 24.8. The fourth-order valence-electron chi connectivity index (χ4n) is 4.50. The van der Waals surface area contributed by atoms with Gasteiger partial charge in [-0.2, -0.15) is 0 Å². The van der Waals surface area contributed by atoms with Crippen LogP contribution in [0.15, 0.2) is 0 Å². The molecule has 3 rings (SSSR count). The summed E-state index contributed by atoms with van der Waals surface area (Å²) in [6.07, 6.45) is 6.81. The molecule has 1 saturated carbocycles. The van der Waals surface area contributed by atoms with E-state index in [1.54, 1.807) is 0 Å². The van der Waals surface area contributed by atoms with Crippen molar-refractivity contribution in [1.82, 2.24) is 15.1 Å². The Morgan fingerprint density at radius 3 is 2.18 bits per heavy atom. The van der Waals surface area contributed by atoms with Gasteiger partial charge in [-0.05, 0) is 57.7 Å². The number of piperidine rings is 1. The molecule has 128 valence electrons. The van der Waals surface area contributed by atoms with E-state index in [-0.39, 0.29) is 6.54 Å². The molecule has 1 aliphatic carbocycles. The highest BCUT2D eigenvalue weighted by atomic mass is 19.3. The number of nitrogens with one attached hydrogen (secondary N) is 1. The van der Waals surface area contributed by atoms with Gasteiger partial charge in [-0.25, -0.2) is 8.78 Å². The van der Waals surface area contributed by atoms with Gasteiger partial charge < -0.3 is 10.2 Å². The largest absolute Gasteiger partial charge is 0.310 e. The van der Waals surface area contributed by atoms with Crippen LogP contribution in [0.1, 0.15) is 44.9 Å². The first-order chi connectivity index (χ1) is 10.7. The van der Waals surface area contributed by atoms with Crippen molar-refractivity contribution < 1.29 is 8.78 Å². The van der Waals surface area contributed by atoms with Gasteiger partial charge in [-0.3, -0.25) is 4.90 Å². The van der Waals surface area contributed by atoms with E-state index in [0.717, 1.165) is 31.8 Å². The van der Waals surface area contributed by atoms with Crippen molar-refractivity contribution in [3.05, 3.63) is 0 Å². The number of hydrogen-bond acceptors (Lipinski definition) is 3. The molecule has 0 aromatic carbocycles. The summed E-state index contributed by atoms with van der Waals surface area (Å²) in [6, 6.07) is 1.15. The average molecular weight is 315 g/mol. The molecule has 0 bridgehead atoms. The lowest BCUT2D eigenvalue weighted by atomic mass is 10.0. The number of alkyl halides is 2. The molecule has 1 atom stereocenters. The first-order valence-electron chi connectivity index (χ1n) is 9.18. The van der Waals surface area contributed by atoms with Gasteiger partial charge in [-0.1, -0.05) is 12.8 Å². The summed E-state index contributed by atoms with van der Waals surface area (Å²) in [5.74, 6) is 0.941. The lowest BCUT2D eigenvalue weighted by molar-refractivity contribution is 0.0721. The first kappa shape index (κ1) is 16.6. The second-order valence-corrected chi connectivity index (χ2v) is 7.53. The number of rotatable bonds is 6. The molecule has 0 amide bonds. The third kappa shape index (κ3) is 4.87. The maximum absolute atomic E-state index is 12.4. The third-order valence-electron chi connectivity index (χ3n) is 5.72. The highest BCUT2D eigenvalue weighted by Gasteiger charge is 2.29. The van der Waals surface area contributed by atoms with Crippen LogP contribution in [0.2, 0.25) is 0 Å². The maximum Gasteiger partial charge on any atom is 0.251 e. The second-order valence-electron chi connectivity index (χ2n) is 7.53. The van der Waals surface area contributed by atoms with Crippen LogP contribution in [0, 0.1) is 5.92 Å². The molecule has 2 aliphatic heterocycles. The molecule has 1 N–H and O–H groups in total. The van der Waals surface area contributed by atoms with Crippen molar-refractivity contribution in [2.45, 2.75) is 63.5 Å². The fourth-order valence-corrected chi connectivity index (χ4v) is 4.50. The lowest BCUT2D eigenvalue weighted by Crippen LogP contribution is -2.47. The van der Waals surface area contributed by atoms with Crippen LogP contribution in [0.4, 0.5) is 8.78 Å². The molecule has 3 fully saturated rings. The van der Waals surface area contributed by atoms with Crippen LogP contribution < -0.4 is 5.32 Å². The van der Waals surface area contributed by atoms with Gasteiger partial charge in [0.1, 0.15) is 0 Å². The minimum Gasteiger partial charge on any atom is -0.310 e. The number of hydrogen-bond donors (Lipinski definition) is 1. The quantitative estimate of drug-likeness (QED) is 0.813. The molecule has 3 nitrogen and oxygen atoms in total. The molecule has 1 unspecified atom stereocenters. The summed E-state index contributed by atoms with van der Waals surface area (Å²) in [7, 11) is 0. The Labute approximate surface area is 133 Å². The van der Waals surface area contributed by atoms with Crippen molar-refractivity contribution in [3.8, 4) is 0 Å². The second kappa shape index (κ2) is 8.02. The van der Waals surface area contributed by atoms with E-state index in [4.69, 9.17) is 0 Å². The molecule has 2 saturated heterocycles. The predicted octanol–water partition coefficient (Wildman–Crippen LogP) is 2.57. The van der Waals surface area contributed by atoms with E-state index in [2.05, 4.69) is 10.2 Å². The van der Waals surface area contributed by atoms with Gasteiger partial charge in [0.2, 0.25) is 0 Å². The van der Waals surface area contributed by atoms with Gasteiger partial charge in [0.15, 0.2) is 0 Å². The van der Waals surface area contributed by atoms with Crippen LogP contribution in [-0.4, -0.2) is 67.6 Å². The Hall–Kier alpha value is -0.260. The van der Waals surface area contributed by atoms with E-state index in [1.165, 1.54) is 51.7 Å². The summed E-state index contributed by atoms with van der Waals surface area (Å²) >= 11 is 0. The van der Waals surface area contributed by atoms with Crippen molar-refractivity contribution >= 4 is 0 Å². The minimum atomic E-state index is -2.19. The highest BCUT2D eigenvalue weighted by molar-refractivity contribution is 4.87. The molecule has 22 heavy (non-hydrogen) atoms. The van der Waals surface area contributed by atoms with Gasteiger partial charge in [0.25, 0.3) is 6.43 Å². The van der Waals surface area contributed by atoms with Crippen LogP contribution in [-0.2, 0) is 0 Å². The van der Waals surface area contributed by atoms with Gasteiger partial charge >= 0.3 is 0 Å². The van der Waals surface area contributed by atoms with Crippen molar-refractivity contribution in [2.75, 3.05) is 39.3 Å². The SMILES string of the molecule is FC(F)CN1CCC(NC2CCN(CC3CCCC3)C2)CC1. The van der Waals surface area contributed by atoms with E-state index < -0.39 is 6.43 Å². The molecule has 0 radical (unpaired) electrons. The van der Waals surface area contributed by atoms with Crippen molar-refractivity contribution in [2.24, 2.45) is 5.92 Å². The van der Waals surface area contributed by atoms with E-state index in [9.17, 15) is 8.78 Å². The zero-order chi connectivity index (χ0) is 15.4. The molecular formula is C17H31F2N3. The van der Waals surface area contributed by atoms with Gasteiger partial charge in [0, 0.05) is 25.2 Å². The van der Waals surface area contributed by atoms with E-state index in [0.29, 0.717) is 12.1 Å². The normalized spacial score (nSPS) is 29.9. The minimum absolute atomic E-state index is 0.0503.